The van der Waals surface area contributed by atoms with Crippen LogP contribution in [0.25, 0.3) is 22.3 Å². The molecule has 0 aliphatic rings. The zero-order chi connectivity index (χ0) is 28.2. The second-order valence-corrected chi connectivity index (χ2v) is 9.79. The molecule has 5 aromatic rings. The number of carbonyl (C=O) groups excluding carboxylic acids is 1. The van der Waals surface area contributed by atoms with Crippen LogP contribution < -0.4 is 4.74 Å². The van der Waals surface area contributed by atoms with Gasteiger partial charge in [0.1, 0.15) is 41.9 Å². The molecule has 2 aromatic carbocycles. The van der Waals surface area contributed by atoms with E-state index in [1.54, 1.807) is 31.4 Å². The molecule has 0 spiro atoms. The number of nitrogens with zero attached hydrogens (tertiary/aromatic N) is 4. The van der Waals surface area contributed by atoms with Gasteiger partial charge >= 0.3 is 0 Å². The maximum atomic E-state index is 15.3. The van der Waals surface area contributed by atoms with Gasteiger partial charge in [-0.05, 0) is 64.0 Å². The maximum Gasteiger partial charge on any atom is 0.214 e. The quantitative estimate of drug-likeness (QED) is 0.173. The molecule has 0 bridgehead atoms. The SMILES string of the molecule is COCCn1c(Cc2cc(F)c(-c3cccc(OCc4ncc(Br)cc4F)n3)cc2F)nc2ccc(C=O)cc21. The second-order valence-electron chi connectivity index (χ2n) is 8.87. The van der Waals surface area contributed by atoms with Crippen molar-refractivity contribution in [2.75, 3.05) is 13.7 Å². The number of benzene rings is 2. The maximum absolute atomic E-state index is 15.3. The summed E-state index contributed by atoms with van der Waals surface area (Å²) < 4.78 is 57.8. The van der Waals surface area contributed by atoms with E-state index in [1.165, 1.54) is 24.4 Å². The number of aldehydes is 1. The smallest absolute Gasteiger partial charge is 0.214 e. The first-order chi connectivity index (χ1) is 19.4. The molecule has 11 heteroatoms. The second kappa shape index (κ2) is 12.0. The van der Waals surface area contributed by atoms with E-state index in [1.807, 2.05) is 4.57 Å². The Labute approximate surface area is 235 Å². The molecular formula is C29H22BrF3N4O3. The van der Waals surface area contributed by atoms with E-state index >= 15 is 8.78 Å². The molecule has 5 rings (SSSR count). The summed E-state index contributed by atoms with van der Waals surface area (Å²) >= 11 is 3.15. The summed E-state index contributed by atoms with van der Waals surface area (Å²) in [6.45, 7) is 0.598. The van der Waals surface area contributed by atoms with Gasteiger partial charge in [0, 0.05) is 47.9 Å². The summed E-state index contributed by atoms with van der Waals surface area (Å²) in [6.07, 6.45) is 2.20. The first-order valence-electron chi connectivity index (χ1n) is 12.2. The standard InChI is InChI=1S/C29H22BrF3N4O3/c1-39-8-7-37-27-9-17(15-38)5-6-25(27)35-28(37)11-18-10-22(32)20(13-21(18)31)24-3-2-4-29(36-24)40-16-26-23(33)12-19(30)14-34-26/h2-6,9-10,12-15H,7-8,11,16H2,1H3. The Morgan fingerprint density at radius 2 is 1.85 bits per heavy atom. The molecule has 40 heavy (non-hydrogen) atoms. The normalized spacial score (nSPS) is 11.2. The Balaban J connectivity index is 1.41. The fourth-order valence-corrected chi connectivity index (χ4v) is 4.56. The Bertz CT molecular complexity index is 1710. The van der Waals surface area contributed by atoms with Gasteiger partial charge in [-0.1, -0.05) is 6.07 Å². The number of halogens is 4. The van der Waals surface area contributed by atoms with Crippen LogP contribution in [-0.2, 0) is 24.3 Å². The Kier molecular flexibility index (Phi) is 8.22. The van der Waals surface area contributed by atoms with E-state index < -0.39 is 17.5 Å². The van der Waals surface area contributed by atoms with Crippen LogP contribution in [0.2, 0.25) is 0 Å². The molecule has 0 saturated carbocycles. The van der Waals surface area contributed by atoms with Gasteiger partial charge in [-0.15, -0.1) is 0 Å². The number of ether oxygens (including phenoxy) is 2. The molecule has 0 atom stereocenters. The Hall–Kier alpha value is -4.09. The largest absolute Gasteiger partial charge is 0.471 e. The first kappa shape index (κ1) is 27.5. The predicted molar refractivity (Wildman–Crippen MR) is 146 cm³/mol. The molecule has 0 saturated heterocycles. The number of rotatable bonds is 10. The molecule has 0 aliphatic carbocycles. The topological polar surface area (TPSA) is 79.1 Å². The van der Waals surface area contributed by atoms with Crippen molar-refractivity contribution in [1.29, 1.82) is 0 Å². The number of hydrogen-bond acceptors (Lipinski definition) is 6. The Morgan fingerprint density at radius 3 is 2.62 bits per heavy atom. The molecular weight excluding hydrogens is 589 g/mol. The van der Waals surface area contributed by atoms with Crippen molar-refractivity contribution in [3.63, 3.8) is 0 Å². The summed E-state index contributed by atoms with van der Waals surface area (Å²) in [4.78, 5) is 24.1. The zero-order valence-electron chi connectivity index (χ0n) is 21.2. The highest BCUT2D eigenvalue weighted by Gasteiger charge is 2.18. The first-order valence-corrected chi connectivity index (χ1v) is 13.0. The minimum atomic E-state index is -0.676. The summed E-state index contributed by atoms with van der Waals surface area (Å²) in [7, 11) is 1.56. The van der Waals surface area contributed by atoms with E-state index in [9.17, 15) is 9.18 Å². The third kappa shape index (κ3) is 5.90. The van der Waals surface area contributed by atoms with Crippen LogP contribution >= 0.6 is 15.9 Å². The predicted octanol–water partition coefficient (Wildman–Crippen LogP) is 6.30. The molecule has 3 heterocycles. The fourth-order valence-electron chi connectivity index (χ4n) is 4.26. The van der Waals surface area contributed by atoms with Gasteiger partial charge in [-0.25, -0.2) is 23.1 Å². The molecule has 7 nitrogen and oxygen atoms in total. The third-order valence-electron chi connectivity index (χ3n) is 6.23. The summed E-state index contributed by atoms with van der Waals surface area (Å²) in [5, 5.41) is 0. The number of methoxy groups -OCH3 is 1. The Morgan fingerprint density at radius 1 is 1.00 bits per heavy atom. The van der Waals surface area contributed by atoms with Gasteiger partial charge in [-0.2, -0.15) is 0 Å². The summed E-state index contributed by atoms with van der Waals surface area (Å²) in [5.41, 5.74) is 2.10. The molecule has 204 valence electrons. The molecule has 0 N–H and O–H groups in total. The van der Waals surface area contributed by atoms with Gasteiger partial charge in [0.15, 0.2) is 0 Å². The molecule has 0 radical (unpaired) electrons. The number of pyridine rings is 2. The van der Waals surface area contributed by atoms with Crippen molar-refractivity contribution in [3.8, 4) is 17.1 Å². The average molecular weight is 611 g/mol. The van der Waals surface area contributed by atoms with E-state index in [2.05, 4.69) is 30.9 Å². The molecule has 0 amide bonds. The lowest BCUT2D eigenvalue weighted by Crippen LogP contribution is -2.10. The molecule has 0 aliphatic heterocycles. The molecule has 0 unspecified atom stereocenters. The van der Waals surface area contributed by atoms with Crippen molar-refractivity contribution in [2.24, 2.45) is 0 Å². The van der Waals surface area contributed by atoms with Crippen LogP contribution in [0, 0.1) is 17.5 Å². The zero-order valence-corrected chi connectivity index (χ0v) is 22.8. The fraction of sp³-hybridized carbons (Fsp3) is 0.172. The van der Waals surface area contributed by atoms with Crippen LogP contribution in [0.1, 0.15) is 27.4 Å². The number of fused-ring (bicyclic) bond motifs is 1. The van der Waals surface area contributed by atoms with E-state index in [-0.39, 0.29) is 41.4 Å². The summed E-state index contributed by atoms with van der Waals surface area (Å²) in [6, 6.07) is 13.2. The van der Waals surface area contributed by atoms with Crippen LogP contribution in [0.5, 0.6) is 5.88 Å². The number of hydrogen-bond donors (Lipinski definition) is 0. The van der Waals surface area contributed by atoms with Gasteiger partial charge in [0.2, 0.25) is 5.88 Å². The van der Waals surface area contributed by atoms with Gasteiger partial charge in [-0.3, -0.25) is 9.78 Å². The van der Waals surface area contributed by atoms with E-state index in [0.29, 0.717) is 40.0 Å². The van der Waals surface area contributed by atoms with Crippen LogP contribution in [0.15, 0.2) is 65.3 Å². The highest BCUT2D eigenvalue weighted by atomic mass is 79.9. The lowest BCUT2D eigenvalue weighted by Gasteiger charge is -2.12. The molecule has 3 aromatic heterocycles. The highest BCUT2D eigenvalue weighted by Crippen LogP contribution is 2.28. The lowest BCUT2D eigenvalue weighted by atomic mass is 10.0. The minimum absolute atomic E-state index is 0.0141. The van der Waals surface area contributed by atoms with Gasteiger partial charge in [0.05, 0.1) is 23.3 Å². The minimum Gasteiger partial charge on any atom is -0.471 e. The lowest BCUT2D eigenvalue weighted by molar-refractivity contribution is 0.112. The third-order valence-corrected chi connectivity index (χ3v) is 6.67. The van der Waals surface area contributed by atoms with Crippen molar-refractivity contribution >= 4 is 33.2 Å². The number of imidazole rings is 1. The van der Waals surface area contributed by atoms with Crippen LogP contribution in [0.4, 0.5) is 13.2 Å². The van der Waals surface area contributed by atoms with Gasteiger partial charge < -0.3 is 14.0 Å². The van der Waals surface area contributed by atoms with Crippen LogP contribution in [0.3, 0.4) is 0 Å². The summed E-state index contributed by atoms with van der Waals surface area (Å²) in [5.74, 6) is -1.25. The highest BCUT2D eigenvalue weighted by molar-refractivity contribution is 9.10. The molecule has 0 fully saturated rings. The van der Waals surface area contributed by atoms with Gasteiger partial charge in [0.25, 0.3) is 0 Å². The van der Waals surface area contributed by atoms with Crippen molar-refractivity contribution in [1.82, 2.24) is 19.5 Å². The van der Waals surface area contributed by atoms with Crippen molar-refractivity contribution < 1.29 is 27.4 Å². The number of aromatic nitrogens is 4. The van der Waals surface area contributed by atoms with E-state index in [4.69, 9.17) is 9.47 Å². The van der Waals surface area contributed by atoms with E-state index in [0.717, 1.165) is 18.4 Å². The van der Waals surface area contributed by atoms with Crippen molar-refractivity contribution in [3.05, 3.63) is 105 Å². The number of carbonyl (C=O) groups is 1. The van der Waals surface area contributed by atoms with Crippen molar-refractivity contribution in [2.45, 2.75) is 19.6 Å². The average Bonchev–Trinajstić information content (AvgIpc) is 3.29. The monoisotopic (exact) mass is 610 g/mol. The van der Waals surface area contributed by atoms with Crippen LogP contribution in [-0.4, -0.2) is 39.5 Å².